The van der Waals surface area contributed by atoms with Gasteiger partial charge < -0.3 is 10.5 Å². The van der Waals surface area contributed by atoms with Gasteiger partial charge in [0.15, 0.2) is 0 Å². The second kappa shape index (κ2) is 5.52. The van der Waals surface area contributed by atoms with Crippen molar-refractivity contribution >= 4 is 5.84 Å². The van der Waals surface area contributed by atoms with Crippen molar-refractivity contribution in [3.63, 3.8) is 0 Å². The quantitative estimate of drug-likeness (QED) is 0.654. The van der Waals surface area contributed by atoms with Crippen LogP contribution >= 0.6 is 0 Å². The molecule has 0 unspecified atom stereocenters. The first-order chi connectivity index (χ1) is 9.09. The number of benzene rings is 2. The average Bonchev–Trinajstić information content (AvgIpc) is 2.38. The third kappa shape index (κ3) is 2.91. The summed E-state index contributed by atoms with van der Waals surface area (Å²) in [6.07, 6.45) is 0. The van der Waals surface area contributed by atoms with E-state index >= 15 is 0 Å². The number of ether oxygens (including phenoxy) is 1. The van der Waals surface area contributed by atoms with Gasteiger partial charge in [-0.3, -0.25) is 5.41 Å². The smallest absolute Gasteiger partial charge is 0.133 e. The van der Waals surface area contributed by atoms with Crippen molar-refractivity contribution in [3.05, 3.63) is 65.0 Å². The summed E-state index contributed by atoms with van der Waals surface area (Å²) in [4.78, 5) is 0. The number of aryl methyl sites for hydroxylation is 1. The van der Waals surface area contributed by atoms with Gasteiger partial charge in [-0.25, -0.2) is 4.39 Å². The normalized spacial score (nSPS) is 10.2. The summed E-state index contributed by atoms with van der Waals surface area (Å²) in [5.74, 6) is 0.158. The molecule has 2 aromatic carbocycles. The molecule has 98 valence electrons. The molecule has 0 aliphatic rings. The fourth-order valence-electron chi connectivity index (χ4n) is 1.82. The van der Waals surface area contributed by atoms with E-state index in [1.165, 1.54) is 6.07 Å². The van der Waals surface area contributed by atoms with E-state index in [2.05, 4.69) is 0 Å². The minimum absolute atomic E-state index is 0.0627. The summed E-state index contributed by atoms with van der Waals surface area (Å²) in [5.41, 5.74) is 7.37. The summed E-state index contributed by atoms with van der Waals surface area (Å²) in [5, 5.41) is 7.52. The number of hydrogen-bond donors (Lipinski definition) is 2. The van der Waals surface area contributed by atoms with Crippen LogP contribution in [0.15, 0.2) is 42.5 Å². The van der Waals surface area contributed by atoms with Gasteiger partial charge in [0.1, 0.15) is 24.0 Å². The summed E-state index contributed by atoms with van der Waals surface area (Å²) in [6.45, 7) is 1.97. The van der Waals surface area contributed by atoms with Crippen molar-refractivity contribution in [2.75, 3.05) is 0 Å². The third-order valence-electron chi connectivity index (χ3n) is 2.83. The molecule has 2 rings (SSSR count). The molecule has 0 atom stereocenters. The number of hydrogen-bond acceptors (Lipinski definition) is 2. The molecule has 0 saturated heterocycles. The van der Waals surface area contributed by atoms with E-state index in [1.54, 1.807) is 24.3 Å². The van der Waals surface area contributed by atoms with Gasteiger partial charge in [-0.1, -0.05) is 30.3 Å². The zero-order valence-electron chi connectivity index (χ0n) is 10.6. The van der Waals surface area contributed by atoms with Crippen molar-refractivity contribution in [1.29, 1.82) is 5.41 Å². The molecule has 0 amide bonds. The van der Waals surface area contributed by atoms with Gasteiger partial charge in [-0.05, 0) is 24.6 Å². The second-order valence-electron chi connectivity index (χ2n) is 4.25. The minimum Gasteiger partial charge on any atom is -0.488 e. The van der Waals surface area contributed by atoms with Gasteiger partial charge >= 0.3 is 0 Å². The number of para-hydroxylation sites is 1. The van der Waals surface area contributed by atoms with Crippen molar-refractivity contribution in [2.45, 2.75) is 13.5 Å². The Labute approximate surface area is 111 Å². The SMILES string of the molecule is Cc1cccc(C(=N)N)c1OCc1ccccc1F. The minimum atomic E-state index is -0.305. The maximum Gasteiger partial charge on any atom is 0.133 e. The van der Waals surface area contributed by atoms with Crippen LogP contribution in [0.5, 0.6) is 5.75 Å². The number of rotatable bonds is 4. The first-order valence-corrected chi connectivity index (χ1v) is 5.90. The van der Waals surface area contributed by atoms with Gasteiger partial charge in [0.2, 0.25) is 0 Å². The Bertz CT molecular complexity index is 611. The third-order valence-corrected chi connectivity index (χ3v) is 2.83. The predicted molar refractivity (Wildman–Crippen MR) is 72.9 cm³/mol. The lowest BCUT2D eigenvalue weighted by Crippen LogP contribution is -2.14. The largest absolute Gasteiger partial charge is 0.488 e. The molecule has 0 radical (unpaired) electrons. The molecule has 3 nitrogen and oxygen atoms in total. The van der Waals surface area contributed by atoms with Gasteiger partial charge in [-0.2, -0.15) is 0 Å². The summed E-state index contributed by atoms with van der Waals surface area (Å²) >= 11 is 0. The van der Waals surface area contributed by atoms with E-state index in [-0.39, 0.29) is 18.3 Å². The highest BCUT2D eigenvalue weighted by atomic mass is 19.1. The van der Waals surface area contributed by atoms with Crippen LogP contribution in [-0.2, 0) is 6.61 Å². The molecule has 19 heavy (non-hydrogen) atoms. The van der Waals surface area contributed by atoms with E-state index < -0.39 is 0 Å². The maximum absolute atomic E-state index is 13.5. The van der Waals surface area contributed by atoms with Crippen LogP contribution in [0.4, 0.5) is 4.39 Å². The molecule has 0 spiro atoms. The van der Waals surface area contributed by atoms with E-state index in [4.69, 9.17) is 15.9 Å². The van der Waals surface area contributed by atoms with Crippen molar-refractivity contribution in [3.8, 4) is 5.75 Å². The highest BCUT2D eigenvalue weighted by molar-refractivity contribution is 5.98. The molecule has 0 aromatic heterocycles. The Kier molecular flexibility index (Phi) is 3.80. The lowest BCUT2D eigenvalue weighted by molar-refractivity contribution is 0.297. The molecule has 0 heterocycles. The van der Waals surface area contributed by atoms with Gasteiger partial charge in [0, 0.05) is 5.56 Å². The molecule has 0 aliphatic carbocycles. The molecule has 3 N–H and O–H groups in total. The fraction of sp³-hybridized carbons (Fsp3) is 0.133. The highest BCUT2D eigenvalue weighted by Crippen LogP contribution is 2.24. The molecular weight excluding hydrogens is 243 g/mol. The number of nitrogens with one attached hydrogen (secondary N) is 1. The molecule has 0 aliphatic heterocycles. The number of nitrogens with two attached hydrogens (primary N) is 1. The molecule has 0 bridgehead atoms. The average molecular weight is 258 g/mol. The summed E-state index contributed by atoms with van der Waals surface area (Å²) < 4.78 is 19.1. The lowest BCUT2D eigenvalue weighted by Gasteiger charge is -2.13. The van der Waals surface area contributed by atoms with E-state index in [1.807, 2.05) is 19.1 Å². The molecule has 4 heteroatoms. The Hall–Kier alpha value is -2.36. The fourth-order valence-corrected chi connectivity index (χ4v) is 1.82. The Morgan fingerprint density at radius 2 is 1.95 bits per heavy atom. The molecule has 0 saturated carbocycles. The van der Waals surface area contributed by atoms with Crippen LogP contribution in [0.2, 0.25) is 0 Å². The first kappa shape index (κ1) is 13.1. The van der Waals surface area contributed by atoms with Gasteiger partial charge in [0.25, 0.3) is 0 Å². The van der Waals surface area contributed by atoms with E-state index in [0.29, 0.717) is 16.9 Å². The van der Waals surface area contributed by atoms with Crippen molar-refractivity contribution < 1.29 is 9.13 Å². The van der Waals surface area contributed by atoms with Crippen LogP contribution in [0.1, 0.15) is 16.7 Å². The lowest BCUT2D eigenvalue weighted by atomic mass is 10.1. The topological polar surface area (TPSA) is 59.1 Å². The zero-order chi connectivity index (χ0) is 13.8. The molecule has 0 fully saturated rings. The summed E-state index contributed by atoms with van der Waals surface area (Å²) in [6, 6.07) is 11.8. The van der Waals surface area contributed by atoms with Crippen LogP contribution < -0.4 is 10.5 Å². The van der Waals surface area contributed by atoms with E-state index in [9.17, 15) is 4.39 Å². The molecule has 2 aromatic rings. The summed E-state index contributed by atoms with van der Waals surface area (Å²) in [7, 11) is 0. The standard InChI is InChI=1S/C15H15FN2O/c1-10-5-4-7-12(15(17)18)14(10)19-9-11-6-2-3-8-13(11)16/h2-8H,9H2,1H3,(H3,17,18). The van der Waals surface area contributed by atoms with Gasteiger partial charge in [-0.15, -0.1) is 0 Å². The Balaban J connectivity index is 2.25. The number of halogens is 1. The first-order valence-electron chi connectivity index (χ1n) is 5.90. The van der Waals surface area contributed by atoms with Crippen molar-refractivity contribution in [1.82, 2.24) is 0 Å². The molecular formula is C15H15FN2O. The van der Waals surface area contributed by atoms with Crippen LogP contribution in [0.3, 0.4) is 0 Å². The second-order valence-corrected chi connectivity index (χ2v) is 4.25. The highest BCUT2D eigenvalue weighted by Gasteiger charge is 2.10. The van der Waals surface area contributed by atoms with Crippen LogP contribution in [-0.4, -0.2) is 5.84 Å². The van der Waals surface area contributed by atoms with E-state index in [0.717, 1.165) is 5.56 Å². The number of nitrogen functional groups attached to an aromatic ring is 1. The zero-order valence-corrected chi connectivity index (χ0v) is 10.6. The van der Waals surface area contributed by atoms with Crippen LogP contribution in [0.25, 0.3) is 0 Å². The Morgan fingerprint density at radius 1 is 1.21 bits per heavy atom. The Morgan fingerprint density at radius 3 is 2.63 bits per heavy atom. The van der Waals surface area contributed by atoms with Crippen LogP contribution in [0, 0.1) is 18.2 Å². The maximum atomic E-state index is 13.5. The number of amidine groups is 1. The van der Waals surface area contributed by atoms with Gasteiger partial charge in [0.05, 0.1) is 5.56 Å². The predicted octanol–water partition coefficient (Wildman–Crippen LogP) is 3.00. The van der Waals surface area contributed by atoms with Crippen molar-refractivity contribution in [2.24, 2.45) is 5.73 Å². The monoisotopic (exact) mass is 258 g/mol.